The highest BCUT2D eigenvalue weighted by Crippen LogP contribution is 2.30. The number of anilines is 1. The molecule has 182 valence electrons. The lowest BCUT2D eigenvalue weighted by Crippen LogP contribution is -2.44. The first-order chi connectivity index (χ1) is 16.2. The Morgan fingerprint density at radius 1 is 0.971 bits per heavy atom. The number of rotatable bonds is 6. The number of halogens is 1. The molecule has 1 saturated heterocycles. The van der Waals surface area contributed by atoms with E-state index in [1.807, 2.05) is 17.1 Å². The highest BCUT2D eigenvalue weighted by molar-refractivity contribution is 5.85. The molecule has 0 bridgehead atoms. The first kappa shape index (κ1) is 24.4. The molecule has 8 nitrogen and oxygen atoms in total. The molecule has 1 aromatic carbocycles. The number of nitrogens with zero attached hydrogens (tertiary/aromatic N) is 6. The van der Waals surface area contributed by atoms with Crippen LogP contribution in [0.4, 0.5) is 5.69 Å². The lowest BCUT2D eigenvalue weighted by molar-refractivity contribution is 0.200. The zero-order valence-electron chi connectivity index (χ0n) is 19.7. The smallest absolute Gasteiger partial charge is 0.163 e. The van der Waals surface area contributed by atoms with Gasteiger partial charge in [0.25, 0.3) is 0 Å². The molecule has 1 aliphatic carbocycles. The maximum absolute atomic E-state index is 6.16. The summed E-state index contributed by atoms with van der Waals surface area (Å²) in [7, 11) is 2.18. The van der Waals surface area contributed by atoms with Gasteiger partial charge in [-0.05, 0) is 62.9 Å². The maximum atomic E-state index is 6.16. The molecular weight excluding hydrogens is 450 g/mol. The van der Waals surface area contributed by atoms with Gasteiger partial charge in [0, 0.05) is 49.7 Å². The third kappa shape index (κ3) is 5.68. The van der Waals surface area contributed by atoms with E-state index in [-0.39, 0.29) is 12.4 Å². The SMILES string of the molecule is CN1CCN(c2ccc(-n3cc(-c4ncncc4OC[C@H]4CC[C@@H](N)CC4)cn3)cc2)CC1.Cl. The molecular formula is C25H34ClN7O. The van der Waals surface area contributed by atoms with Gasteiger partial charge in [-0.2, -0.15) is 5.10 Å². The van der Waals surface area contributed by atoms with E-state index < -0.39 is 0 Å². The zero-order chi connectivity index (χ0) is 22.6. The van der Waals surface area contributed by atoms with Gasteiger partial charge in [0.1, 0.15) is 12.0 Å². The Balaban J connectivity index is 0.00000274. The topological polar surface area (TPSA) is 85.3 Å². The van der Waals surface area contributed by atoms with Crippen LogP contribution in [-0.2, 0) is 0 Å². The summed E-state index contributed by atoms with van der Waals surface area (Å²) in [5.41, 5.74) is 10.0. The summed E-state index contributed by atoms with van der Waals surface area (Å²) in [6, 6.07) is 8.94. The van der Waals surface area contributed by atoms with Crippen LogP contribution in [0.3, 0.4) is 0 Å². The molecule has 1 aliphatic heterocycles. The highest BCUT2D eigenvalue weighted by Gasteiger charge is 2.20. The van der Waals surface area contributed by atoms with Crippen molar-refractivity contribution in [2.24, 2.45) is 11.7 Å². The molecule has 9 heteroatoms. The van der Waals surface area contributed by atoms with Crippen LogP contribution in [-0.4, -0.2) is 70.5 Å². The fourth-order valence-corrected chi connectivity index (χ4v) is 4.67. The molecule has 34 heavy (non-hydrogen) atoms. The highest BCUT2D eigenvalue weighted by atomic mass is 35.5. The molecule has 2 fully saturated rings. The van der Waals surface area contributed by atoms with Gasteiger partial charge in [-0.1, -0.05) is 0 Å². The van der Waals surface area contributed by atoms with Crippen LogP contribution in [0, 0.1) is 5.92 Å². The molecule has 0 radical (unpaired) electrons. The van der Waals surface area contributed by atoms with Crippen LogP contribution in [0.5, 0.6) is 5.75 Å². The van der Waals surface area contributed by atoms with Crippen LogP contribution in [0.15, 0.2) is 49.2 Å². The van der Waals surface area contributed by atoms with Gasteiger partial charge >= 0.3 is 0 Å². The van der Waals surface area contributed by atoms with Crippen molar-refractivity contribution in [3.63, 3.8) is 0 Å². The van der Waals surface area contributed by atoms with E-state index >= 15 is 0 Å². The lowest BCUT2D eigenvalue weighted by Gasteiger charge is -2.34. The Morgan fingerprint density at radius 2 is 1.68 bits per heavy atom. The van der Waals surface area contributed by atoms with E-state index in [0.29, 0.717) is 24.3 Å². The van der Waals surface area contributed by atoms with E-state index in [0.717, 1.165) is 68.8 Å². The number of hydrogen-bond acceptors (Lipinski definition) is 7. The van der Waals surface area contributed by atoms with Crippen molar-refractivity contribution in [1.29, 1.82) is 0 Å². The molecule has 0 amide bonds. The van der Waals surface area contributed by atoms with Crippen molar-refractivity contribution in [3.8, 4) is 22.7 Å². The second-order valence-electron chi connectivity index (χ2n) is 9.31. The molecule has 3 heterocycles. The number of ether oxygens (including phenoxy) is 1. The van der Waals surface area contributed by atoms with Crippen molar-refractivity contribution < 1.29 is 4.74 Å². The van der Waals surface area contributed by atoms with Gasteiger partial charge in [0.2, 0.25) is 0 Å². The quantitative estimate of drug-likeness (QED) is 0.575. The largest absolute Gasteiger partial charge is 0.489 e. The lowest BCUT2D eigenvalue weighted by atomic mass is 9.87. The fraction of sp³-hybridized carbons (Fsp3) is 0.480. The number of likely N-dealkylation sites (N-methyl/N-ethyl adjacent to an activating group) is 1. The maximum Gasteiger partial charge on any atom is 0.163 e. The van der Waals surface area contributed by atoms with E-state index in [2.05, 4.69) is 56.2 Å². The van der Waals surface area contributed by atoms with Crippen LogP contribution < -0.4 is 15.4 Å². The summed E-state index contributed by atoms with van der Waals surface area (Å²) in [6.45, 7) is 5.00. The predicted octanol–water partition coefficient (Wildman–Crippen LogP) is 3.40. The summed E-state index contributed by atoms with van der Waals surface area (Å²) >= 11 is 0. The molecule has 2 aliphatic rings. The minimum atomic E-state index is 0. The molecule has 5 rings (SSSR count). The average Bonchev–Trinajstić information content (AvgIpc) is 3.35. The Bertz CT molecular complexity index is 1040. The van der Waals surface area contributed by atoms with E-state index in [1.165, 1.54) is 5.69 Å². The Morgan fingerprint density at radius 3 is 2.41 bits per heavy atom. The fourth-order valence-electron chi connectivity index (χ4n) is 4.67. The van der Waals surface area contributed by atoms with Crippen molar-refractivity contribution in [2.45, 2.75) is 31.7 Å². The first-order valence-corrected chi connectivity index (χ1v) is 11.9. The van der Waals surface area contributed by atoms with Gasteiger partial charge in [0.15, 0.2) is 5.75 Å². The number of hydrogen-bond donors (Lipinski definition) is 1. The normalized spacial score (nSPS) is 21.2. The van der Waals surface area contributed by atoms with Gasteiger partial charge in [0.05, 0.1) is 24.7 Å². The number of aromatic nitrogens is 4. The van der Waals surface area contributed by atoms with E-state index in [1.54, 1.807) is 12.5 Å². The van der Waals surface area contributed by atoms with Crippen LogP contribution in [0.25, 0.3) is 16.9 Å². The van der Waals surface area contributed by atoms with Gasteiger partial charge in [-0.15, -0.1) is 12.4 Å². The summed E-state index contributed by atoms with van der Waals surface area (Å²) in [4.78, 5) is 13.5. The summed E-state index contributed by atoms with van der Waals surface area (Å²) < 4.78 is 8.05. The van der Waals surface area contributed by atoms with Crippen molar-refractivity contribution in [3.05, 3.63) is 49.2 Å². The Kier molecular flexibility index (Phi) is 8.03. The molecule has 2 aromatic heterocycles. The summed E-state index contributed by atoms with van der Waals surface area (Å²) in [5, 5.41) is 4.58. The van der Waals surface area contributed by atoms with Gasteiger partial charge in [-0.3, -0.25) is 0 Å². The van der Waals surface area contributed by atoms with Crippen molar-refractivity contribution in [1.82, 2.24) is 24.6 Å². The summed E-state index contributed by atoms with van der Waals surface area (Å²) in [6.07, 6.45) is 11.5. The number of piperazine rings is 1. The summed E-state index contributed by atoms with van der Waals surface area (Å²) in [5.74, 6) is 1.25. The van der Waals surface area contributed by atoms with Crippen LogP contribution >= 0.6 is 12.4 Å². The third-order valence-corrected chi connectivity index (χ3v) is 6.88. The third-order valence-electron chi connectivity index (χ3n) is 6.88. The van der Waals surface area contributed by atoms with Crippen molar-refractivity contribution >= 4 is 18.1 Å². The Labute approximate surface area is 207 Å². The zero-order valence-corrected chi connectivity index (χ0v) is 20.5. The minimum absolute atomic E-state index is 0. The second-order valence-corrected chi connectivity index (χ2v) is 9.31. The second kappa shape index (κ2) is 11.2. The van der Waals surface area contributed by atoms with E-state index in [9.17, 15) is 0 Å². The molecule has 3 aromatic rings. The van der Waals surface area contributed by atoms with Gasteiger partial charge in [-0.25, -0.2) is 14.6 Å². The average molecular weight is 484 g/mol. The number of benzene rings is 1. The van der Waals surface area contributed by atoms with Crippen molar-refractivity contribution in [2.75, 3.05) is 44.7 Å². The molecule has 0 spiro atoms. The standard InChI is InChI=1S/C25H33N7O.ClH/c1-30-10-12-31(13-11-30)22-6-8-23(9-7-22)32-16-20(14-29-32)25-24(15-27-18-28-25)33-17-19-2-4-21(26)5-3-19;/h6-9,14-16,18-19,21H,2-5,10-13,17,26H2,1H3;1H/t19-,21+;. The first-order valence-electron chi connectivity index (χ1n) is 11.9. The molecule has 1 saturated carbocycles. The van der Waals surface area contributed by atoms with Gasteiger partial charge < -0.3 is 20.3 Å². The van der Waals surface area contributed by atoms with Crippen LogP contribution in [0.2, 0.25) is 0 Å². The number of nitrogens with two attached hydrogens (primary N) is 1. The predicted molar refractivity (Wildman–Crippen MR) is 137 cm³/mol. The monoisotopic (exact) mass is 483 g/mol. The minimum Gasteiger partial charge on any atom is -0.489 e. The molecule has 0 atom stereocenters. The Hall–Kier alpha value is -2.68. The van der Waals surface area contributed by atoms with Crippen LogP contribution in [0.1, 0.15) is 25.7 Å². The molecule has 2 N–H and O–H groups in total. The molecule has 0 unspecified atom stereocenters. The van der Waals surface area contributed by atoms with E-state index in [4.69, 9.17) is 10.5 Å².